The van der Waals surface area contributed by atoms with Crippen molar-refractivity contribution in [1.82, 2.24) is 4.90 Å². The number of ether oxygens (including phenoxy) is 1. The maximum atomic E-state index is 10.8. The third kappa shape index (κ3) is 6.51. The standard InChI is InChI=1S/C13H20N2O2S/c1-15(2)9-8-11(17-13(14)16)10-18-12-6-4-3-5-7-12/h3-7,11H,8-10H2,1-2H3,(H2,14,16)/t11-/m1/s1. The second-order valence-electron chi connectivity index (χ2n) is 4.27. The summed E-state index contributed by atoms with van der Waals surface area (Å²) >= 11 is 1.67. The summed E-state index contributed by atoms with van der Waals surface area (Å²) in [7, 11) is 3.98. The highest BCUT2D eigenvalue weighted by Gasteiger charge is 2.13. The fourth-order valence-electron chi connectivity index (χ4n) is 1.45. The first-order valence-corrected chi connectivity index (χ1v) is 6.85. The molecule has 100 valence electrons. The molecule has 0 aromatic heterocycles. The van der Waals surface area contributed by atoms with Crippen molar-refractivity contribution in [2.24, 2.45) is 5.73 Å². The van der Waals surface area contributed by atoms with Crippen LogP contribution >= 0.6 is 11.8 Å². The van der Waals surface area contributed by atoms with Crippen LogP contribution in [-0.4, -0.2) is 43.5 Å². The van der Waals surface area contributed by atoms with Gasteiger partial charge in [0, 0.05) is 17.2 Å². The highest BCUT2D eigenvalue weighted by Crippen LogP contribution is 2.20. The molecule has 0 spiro atoms. The van der Waals surface area contributed by atoms with E-state index >= 15 is 0 Å². The summed E-state index contributed by atoms with van der Waals surface area (Å²) in [6, 6.07) is 10.0. The number of carbonyl (C=O) groups excluding carboxylic acids is 1. The lowest BCUT2D eigenvalue weighted by Crippen LogP contribution is -2.28. The van der Waals surface area contributed by atoms with E-state index < -0.39 is 6.09 Å². The molecule has 0 unspecified atom stereocenters. The first-order valence-electron chi connectivity index (χ1n) is 5.86. The highest BCUT2D eigenvalue weighted by atomic mass is 32.2. The van der Waals surface area contributed by atoms with Crippen molar-refractivity contribution in [3.05, 3.63) is 30.3 Å². The van der Waals surface area contributed by atoms with E-state index in [1.807, 2.05) is 44.4 Å². The molecular formula is C13H20N2O2S. The maximum Gasteiger partial charge on any atom is 0.404 e. The Morgan fingerprint density at radius 1 is 1.39 bits per heavy atom. The molecular weight excluding hydrogens is 248 g/mol. The number of hydrogen-bond acceptors (Lipinski definition) is 4. The van der Waals surface area contributed by atoms with Crippen LogP contribution in [-0.2, 0) is 4.74 Å². The fourth-order valence-corrected chi connectivity index (χ4v) is 2.41. The van der Waals surface area contributed by atoms with E-state index in [1.54, 1.807) is 11.8 Å². The quantitative estimate of drug-likeness (QED) is 0.770. The zero-order valence-electron chi connectivity index (χ0n) is 10.8. The van der Waals surface area contributed by atoms with Crippen LogP contribution in [0, 0.1) is 0 Å². The van der Waals surface area contributed by atoms with Gasteiger partial charge in [0.2, 0.25) is 0 Å². The Balaban J connectivity index is 2.42. The predicted octanol–water partition coefficient (Wildman–Crippen LogP) is 2.19. The first kappa shape index (κ1) is 14.9. The average Bonchev–Trinajstić information content (AvgIpc) is 2.33. The van der Waals surface area contributed by atoms with Gasteiger partial charge in [0.25, 0.3) is 0 Å². The van der Waals surface area contributed by atoms with Crippen LogP contribution in [0.25, 0.3) is 0 Å². The van der Waals surface area contributed by atoms with Crippen molar-refractivity contribution in [3.63, 3.8) is 0 Å². The number of nitrogens with zero attached hydrogens (tertiary/aromatic N) is 1. The molecule has 0 aliphatic carbocycles. The molecule has 5 heteroatoms. The Morgan fingerprint density at radius 3 is 2.61 bits per heavy atom. The predicted molar refractivity (Wildman–Crippen MR) is 74.8 cm³/mol. The van der Waals surface area contributed by atoms with Crippen molar-refractivity contribution in [1.29, 1.82) is 0 Å². The lowest BCUT2D eigenvalue weighted by atomic mass is 10.3. The van der Waals surface area contributed by atoms with Crippen LogP contribution in [0.1, 0.15) is 6.42 Å². The van der Waals surface area contributed by atoms with Crippen LogP contribution in [0.3, 0.4) is 0 Å². The summed E-state index contributed by atoms with van der Waals surface area (Å²) in [4.78, 5) is 14.1. The minimum atomic E-state index is -0.701. The van der Waals surface area contributed by atoms with E-state index in [-0.39, 0.29) is 6.10 Å². The summed E-state index contributed by atoms with van der Waals surface area (Å²) in [6.07, 6.45) is -0.0574. The molecule has 4 nitrogen and oxygen atoms in total. The van der Waals surface area contributed by atoms with E-state index in [2.05, 4.69) is 4.90 Å². The molecule has 2 N–H and O–H groups in total. The molecule has 1 atom stereocenters. The molecule has 0 aliphatic rings. The highest BCUT2D eigenvalue weighted by molar-refractivity contribution is 7.99. The first-order chi connectivity index (χ1) is 8.58. The third-order valence-electron chi connectivity index (χ3n) is 2.36. The molecule has 1 amide bonds. The molecule has 0 bridgehead atoms. The summed E-state index contributed by atoms with van der Waals surface area (Å²) in [5, 5.41) is 0. The molecule has 1 rings (SSSR count). The average molecular weight is 268 g/mol. The number of rotatable bonds is 7. The minimum absolute atomic E-state index is 0.143. The Morgan fingerprint density at radius 2 is 2.06 bits per heavy atom. The van der Waals surface area contributed by atoms with Crippen molar-refractivity contribution >= 4 is 17.9 Å². The van der Waals surface area contributed by atoms with Gasteiger partial charge in [-0.2, -0.15) is 0 Å². The topological polar surface area (TPSA) is 55.6 Å². The lowest BCUT2D eigenvalue weighted by Gasteiger charge is -2.18. The largest absolute Gasteiger partial charge is 0.445 e. The van der Waals surface area contributed by atoms with Gasteiger partial charge in [0.1, 0.15) is 6.10 Å². The third-order valence-corrected chi connectivity index (χ3v) is 3.50. The van der Waals surface area contributed by atoms with E-state index in [0.717, 1.165) is 18.7 Å². The van der Waals surface area contributed by atoms with Gasteiger partial charge in [-0.1, -0.05) is 18.2 Å². The van der Waals surface area contributed by atoms with Crippen LogP contribution in [0.4, 0.5) is 4.79 Å². The Labute approximate surface area is 112 Å². The monoisotopic (exact) mass is 268 g/mol. The Bertz CT molecular complexity index is 357. The normalized spacial score (nSPS) is 12.4. The number of amides is 1. The summed E-state index contributed by atoms with van der Waals surface area (Å²) in [5.41, 5.74) is 5.08. The molecule has 18 heavy (non-hydrogen) atoms. The van der Waals surface area contributed by atoms with Gasteiger partial charge in [0.05, 0.1) is 0 Å². The molecule has 0 radical (unpaired) electrons. The van der Waals surface area contributed by atoms with Gasteiger partial charge in [-0.25, -0.2) is 4.79 Å². The summed E-state index contributed by atoms with van der Waals surface area (Å²) in [5.74, 6) is 0.723. The summed E-state index contributed by atoms with van der Waals surface area (Å²) in [6.45, 7) is 0.868. The van der Waals surface area contributed by atoms with Gasteiger partial charge >= 0.3 is 6.09 Å². The molecule has 0 fully saturated rings. The molecule has 0 saturated heterocycles. The Kier molecular flexibility index (Phi) is 6.60. The Hall–Kier alpha value is -1.20. The summed E-state index contributed by atoms with van der Waals surface area (Å²) < 4.78 is 5.11. The zero-order valence-corrected chi connectivity index (χ0v) is 11.7. The minimum Gasteiger partial charge on any atom is -0.445 e. The van der Waals surface area contributed by atoms with Crippen LogP contribution in [0.15, 0.2) is 35.2 Å². The second kappa shape index (κ2) is 8.00. The van der Waals surface area contributed by atoms with Crippen LogP contribution in [0.5, 0.6) is 0 Å². The van der Waals surface area contributed by atoms with E-state index in [0.29, 0.717) is 0 Å². The number of hydrogen-bond donors (Lipinski definition) is 1. The van der Waals surface area contributed by atoms with Gasteiger partial charge in [0.15, 0.2) is 0 Å². The number of primary amides is 1. The van der Waals surface area contributed by atoms with Crippen molar-refractivity contribution in [3.8, 4) is 0 Å². The van der Waals surface area contributed by atoms with Crippen molar-refractivity contribution in [2.45, 2.75) is 17.4 Å². The van der Waals surface area contributed by atoms with Gasteiger partial charge in [-0.05, 0) is 32.6 Å². The lowest BCUT2D eigenvalue weighted by molar-refractivity contribution is 0.109. The van der Waals surface area contributed by atoms with Gasteiger partial charge in [-0.3, -0.25) is 0 Å². The fraction of sp³-hybridized carbons (Fsp3) is 0.462. The molecule has 1 aromatic carbocycles. The second-order valence-corrected chi connectivity index (χ2v) is 5.37. The molecule has 0 aliphatic heterocycles. The number of thioether (sulfide) groups is 1. The molecule has 0 heterocycles. The smallest absolute Gasteiger partial charge is 0.404 e. The van der Waals surface area contributed by atoms with Crippen molar-refractivity contribution < 1.29 is 9.53 Å². The van der Waals surface area contributed by atoms with Crippen LogP contribution < -0.4 is 5.73 Å². The van der Waals surface area contributed by atoms with Crippen molar-refractivity contribution in [2.75, 3.05) is 26.4 Å². The number of benzene rings is 1. The maximum absolute atomic E-state index is 10.8. The number of nitrogens with two attached hydrogens (primary N) is 1. The molecule has 1 aromatic rings. The molecule has 0 saturated carbocycles. The van der Waals surface area contributed by atoms with E-state index in [4.69, 9.17) is 10.5 Å². The number of carbonyl (C=O) groups is 1. The van der Waals surface area contributed by atoms with Gasteiger partial charge < -0.3 is 15.4 Å². The van der Waals surface area contributed by atoms with Gasteiger partial charge in [-0.15, -0.1) is 11.8 Å². The van der Waals surface area contributed by atoms with E-state index in [9.17, 15) is 4.79 Å². The zero-order chi connectivity index (χ0) is 13.4. The van der Waals surface area contributed by atoms with Crippen LogP contribution in [0.2, 0.25) is 0 Å². The van der Waals surface area contributed by atoms with E-state index in [1.165, 1.54) is 4.90 Å². The SMILES string of the molecule is CN(C)CC[C@H](CSc1ccccc1)OC(N)=O.